The Hall–Kier alpha value is -1.20. The molecule has 0 heterocycles. The summed E-state index contributed by atoms with van der Waals surface area (Å²) in [4.78, 5) is 11.8. The number of aliphatic hydroxyl groups excluding tert-OH is 1. The highest BCUT2D eigenvalue weighted by molar-refractivity contribution is 7.99. The van der Waals surface area contributed by atoms with Crippen molar-refractivity contribution in [1.29, 1.82) is 0 Å². The number of hydrogen-bond donors (Lipinski definition) is 3. The molecule has 0 aliphatic heterocycles. The number of benzene rings is 1. The Morgan fingerprint density at radius 1 is 1.39 bits per heavy atom. The Labute approximate surface area is 111 Å². The number of aryl methyl sites for hydroxylation is 1. The average molecular weight is 269 g/mol. The standard InChI is InChI=1S/C13H19NO3S/c1-10-9-11(16)3-4-12(10)13(17)14-5-8-18-7-2-6-15/h3-4,9,15-16H,2,5-8H2,1H3,(H,14,17). The maximum absolute atomic E-state index is 11.8. The van der Waals surface area contributed by atoms with Crippen molar-refractivity contribution in [2.24, 2.45) is 0 Å². The number of aliphatic hydroxyl groups is 1. The lowest BCUT2D eigenvalue weighted by molar-refractivity contribution is 0.0955. The van der Waals surface area contributed by atoms with Crippen LogP contribution < -0.4 is 5.32 Å². The van der Waals surface area contributed by atoms with E-state index in [4.69, 9.17) is 5.11 Å². The highest BCUT2D eigenvalue weighted by Gasteiger charge is 2.08. The Balaban J connectivity index is 2.32. The van der Waals surface area contributed by atoms with Gasteiger partial charge in [-0.2, -0.15) is 11.8 Å². The van der Waals surface area contributed by atoms with E-state index in [-0.39, 0.29) is 18.3 Å². The first-order valence-corrected chi connectivity index (χ1v) is 7.07. The van der Waals surface area contributed by atoms with E-state index < -0.39 is 0 Å². The summed E-state index contributed by atoms with van der Waals surface area (Å²) in [5, 5.41) is 20.7. The van der Waals surface area contributed by atoms with Gasteiger partial charge in [0.25, 0.3) is 5.91 Å². The van der Waals surface area contributed by atoms with Crippen LogP contribution in [0.5, 0.6) is 5.75 Å². The molecule has 0 saturated carbocycles. The molecule has 0 aliphatic carbocycles. The van der Waals surface area contributed by atoms with Gasteiger partial charge in [-0.1, -0.05) is 0 Å². The first kappa shape index (κ1) is 14.9. The minimum atomic E-state index is -0.116. The third-order valence-electron chi connectivity index (χ3n) is 2.43. The molecule has 3 N–H and O–H groups in total. The minimum absolute atomic E-state index is 0.116. The first-order chi connectivity index (χ1) is 8.65. The summed E-state index contributed by atoms with van der Waals surface area (Å²) in [6, 6.07) is 4.71. The molecule has 0 bridgehead atoms. The van der Waals surface area contributed by atoms with Crippen LogP contribution in [0.15, 0.2) is 18.2 Å². The van der Waals surface area contributed by atoms with Crippen LogP contribution in [-0.2, 0) is 0 Å². The van der Waals surface area contributed by atoms with E-state index in [2.05, 4.69) is 5.32 Å². The zero-order valence-electron chi connectivity index (χ0n) is 10.5. The molecule has 18 heavy (non-hydrogen) atoms. The fraction of sp³-hybridized carbons (Fsp3) is 0.462. The van der Waals surface area contributed by atoms with Gasteiger partial charge in [0, 0.05) is 24.5 Å². The lowest BCUT2D eigenvalue weighted by atomic mass is 10.1. The Kier molecular flexibility index (Phi) is 6.60. The number of hydrogen-bond acceptors (Lipinski definition) is 4. The van der Waals surface area contributed by atoms with E-state index in [1.807, 2.05) is 0 Å². The Morgan fingerprint density at radius 3 is 2.83 bits per heavy atom. The van der Waals surface area contributed by atoms with E-state index in [1.54, 1.807) is 30.8 Å². The van der Waals surface area contributed by atoms with Crippen molar-refractivity contribution in [2.75, 3.05) is 24.7 Å². The SMILES string of the molecule is Cc1cc(O)ccc1C(=O)NCCSCCCO. The highest BCUT2D eigenvalue weighted by Crippen LogP contribution is 2.15. The third kappa shape index (κ3) is 4.98. The number of phenolic OH excluding ortho intramolecular Hbond substituents is 1. The molecule has 0 aliphatic rings. The van der Waals surface area contributed by atoms with Crippen LogP contribution >= 0.6 is 11.8 Å². The van der Waals surface area contributed by atoms with Crippen LogP contribution in [0.25, 0.3) is 0 Å². The maximum atomic E-state index is 11.8. The highest BCUT2D eigenvalue weighted by atomic mass is 32.2. The number of phenols is 1. The monoisotopic (exact) mass is 269 g/mol. The van der Waals surface area contributed by atoms with Gasteiger partial charge in [-0.25, -0.2) is 0 Å². The number of aromatic hydroxyl groups is 1. The van der Waals surface area contributed by atoms with Crippen molar-refractivity contribution in [2.45, 2.75) is 13.3 Å². The third-order valence-corrected chi connectivity index (χ3v) is 3.50. The van der Waals surface area contributed by atoms with E-state index in [1.165, 1.54) is 6.07 Å². The molecule has 1 aromatic carbocycles. The Bertz CT molecular complexity index is 396. The molecule has 0 atom stereocenters. The molecule has 5 heteroatoms. The van der Waals surface area contributed by atoms with E-state index in [9.17, 15) is 9.90 Å². The predicted molar refractivity (Wildman–Crippen MR) is 74.2 cm³/mol. The number of thioether (sulfide) groups is 1. The normalized spacial score (nSPS) is 10.3. The van der Waals surface area contributed by atoms with Crippen LogP contribution in [0, 0.1) is 6.92 Å². The van der Waals surface area contributed by atoms with Crippen LogP contribution in [0.2, 0.25) is 0 Å². The summed E-state index contributed by atoms with van der Waals surface area (Å²) in [5.74, 6) is 1.80. The summed E-state index contributed by atoms with van der Waals surface area (Å²) in [5.41, 5.74) is 1.36. The first-order valence-electron chi connectivity index (χ1n) is 5.91. The van der Waals surface area contributed by atoms with Gasteiger partial charge >= 0.3 is 0 Å². The molecule has 0 radical (unpaired) electrons. The molecule has 100 valence electrons. The number of rotatable bonds is 7. The van der Waals surface area contributed by atoms with Crippen LogP contribution in [-0.4, -0.2) is 40.8 Å². The number of carbonyl (C=O) groups excluding carboxylic acids is 1. The molecule has 0 saturated heterocycles. The van der Waals surface area contributed by atoms with Crippen molar-refractivity contribution < 1.29 is 15.0 Å². The summed E-state index contributed by atoms with van der Waals surface area (Å²) < 4.78 is 0. The van der Waals surface area contributed by atoms with Crippen molar-refractivity contribution in [1.82, 2.24) is 5.32 Å². The Morgan fingerprint density at radius 2 is 2.17 bits per heavy atom. The van der Waals surface area contributed by atoms with Gasteiger partial charge in [0.15, 0.2) is 0 Å². The largest absolute Gasteiger partial charge is 0.508 e. The smallest absolute Gasteiger partial charge is 0.251 e. The number of amides is 1. The zero-order chi connectivity index (χ0) is 13.4. The summed E-state index contributed by atoms with van der Waals surface area (Å²) in [6.45, 7) is 2.62. The topological polar surface area (TPSA) is 69.6 Å². The van der Waals surface area contributed by atoms with Crippen molar-refractivity contribution >= 4 is 17.7 Å². The van der Waals surface area contributed by atoms with Crippen molar-refractivity contribution in [3.63, 3.8) is 0 Å². The van der Waals surface area contributed by atoms with Crippen molar-refractivity contribution in [3.8, 4) is 5.75 Å². The van der Waals surface area contributed by atoms with Crippen LogP contribution in [0.3, 0.4) is 0 Å². The minimum Gasteiger partial charge on any atom is -0.508 e. The van der Waals surface area contributed by atoms with Crippen LogP contribution in [0.1, 0.15) is 22.3 Å². The second kappa shape index (κ2) is 8.00. The van der Waals surface area contributed by atoms with Gasteiger partial charge in [-0.3, -0.25) is 4.79 Å². The van der Waals surface area contributed by atoms with Gasteiger partial charge in [0.2, 0.25) is 0 Å². The molecule has 4 nitrogen and oxygen atoms in total. The van der Waals surface area contributed by atoms with E-state index >= 15 is 0 Å². The summed E-state index contributed by atoms with van der Waals surface area (Å²) >= 11 is 1.71. The average Bonchev–Trinajstić information content (AvgIpc) is 2.33. The summed E-state index contributed by atoms with van der Waals surface area (Å²) in [7, 11) is 0. The molecule has 0 unspecified atom stereocenters. The lowest BCUT2D eigenvalue weighted by Crippen LogP contribution is -2.26. The summed E-state index contributed by atoms with van der Waals surface area (Å²) in [6.07, 6.45) is 0.787. The predicted octanol–water partition coefficient (Wildman–Crippen LogP) is 1.55. The molecular weight excluding hydrogens is 250 g/mol. The lowest BCUT2D eigenvalue weighted by Gasteiger charge is -2.07. The fourth-order valence-corrected chi connectivity index (χ4v) is 2.29. The van der Waals surface area contributed by atoms with Gasteiger partial charge < -0.3 is 15.5 Å². The molecule has 1 rings (SSSR count). The molecular formula is C13H19NO3S. The van der Waals surface area contributed by atoms with Gasteiger partial charge in [0.1, 0.15) is 5.75 Å². The number of nitrogens with one attached hydrogen (secondary N) is 1. The second-order valence-electron chi connectivity index (χ2n) is 3.94. The van der Waals surface area contributed by atoms with Crippen LogP contribution in [0.4, 0.5) is 0 Å². The van der Waals surface area contributed by atoms with Gasteiger partial charge in [-0.05, 0) is 42.9 Å². The second-order valence-corrected chi connectivity index (χ2v) is 5.17. The fourth-order valence-electron chi connectivity index (χ4n) is 1.50. The quantitative estimate of drug-likeness (QED) is 0.657. The molecule has 1 amide bonds. The molecule has 0 fully saturated rings. The van der Waals surface area contributed by atoms with Gasteiger partial charge in [-0.15, -0.1) is 0 Å². The molecule has 0 spiro atoms. The zero-order valence-corrected chi connectivity index (χ0v) is 11.3. The molecule has 0 aromatic heterocycles. The molecule has 1 aromatic rings. The van der Waals surface area contributed by atoms with E-state index in [0.717, 1.165) is 23.5 Å². The van der Waals surface area contributed by atoms with E-state index in [0.29, 0.717) is 12.1 Å². The van der Waals surface area contributed by atoms with Gasteiger partial charge in [0.05, 0.1) is 0 Å². The number of carbonyl (C=O) groups is 1. The maximum Gasteiger partial charge on any atom is 0.251 e. The van der Waals surface area contributed by atoms with Crippen molar-refractivity contribution in [3.05, 3.63) is 29.3 Å².